The van der Waals surface area contributed by atoms with E-state index in [1.54, 1.807) is 0 Å². The predicted octanol–water partition coefficient (Wildman–Crippen LogP) is 4.31. The normalized spacial score (nSPS) is 11.4. The SMILES string of the molecule is O=Cc1ccc(-c2c(Cl)cccc2OC(F)(F)F)o1. The van der Waals surface area contributed by atoms with Crippen LogP contribution >= 0.6 is 11.6 Å². The van der Waals surface area contributed by atoms with E-state index in [1.165, 1.54) is 24.3 Å². The molecule has 1 heterocycles. The lowest BCUT2D eigenvalue weighted by Gasteiger charge is -2.12. The molecule has 0 aliphatic heterocycles. The van der Waals surface area contributed by atoms with Crippen molar-refractivity contribution in [2.45, 2.75) is 6.36 Å². The van der Waals surface area contributed by atoms with E-state index in [0.29, 0.717) is 6.29 Å². The molecule has 19 heavy (non-hydrogen) atoms. The van der Waals surface area contributed by atoms with Gasteiger partial charge in [0.2, 0.25) is 0 Å². The van der Waals surface area contributed by atoms with Gasteiger partial charge in [-0.25, -0.2) is 0 Å². The Balaban J connectivity index is 2.51. The van der Waals surface area contributed by atoms with Gasteiger partial charge in [0.05, 0.1) is 10.6 Å². The molecule has 0 atom stereocenters. The van der Waals surface area contributed by atoms with Crippen LogP contribution in [-0.2, 0) is 0 Å². The smallest absolute Gasteiger partial charge is 0.453 e. The summed E-state index contributed by atoms with van der Waals surface area (Å²) in [7, 11) is 0. The van der Waals surface area contributed by atoms with Gasteiger partial charge >= 0.3 is 6.36 Å². The van der Waals surface area contributed by atoms with Gasteiger partial charge in [0.25, 0.3) is 0 Å². The summed E-state index contributed by atoms with van der Waals surface area (Å²) in [5.74, 6) is -0.494. The van der Waals surface area contributed by atoms with Crippen molar-refractivity contribution in [3.63, 3.8) is 0 Å². The van der Waals surface area contributed by atoms with Gasteiger partial charge in [-0.3, -0.25) is 4.79 Å². The first kappa shape index (κ1) is 13.5. The molecular weight excluding hydrogens is 285 g/mol. The topological polar surface area (TPSA) is 39.4 Å². The first-order chi connectivity index (χ1) is 8.90. The fourth-order valence-corrected chi connectivity index (χ4v) is 1.76. The summed E-state index contributed by atoms with van der Waals surface area (Å²) in [6, 6.07) is 6.48. The highest BCUT2D eigenvalue weighted by atomic mass is 35.5. The van der Waals surface area contributed by atoms with Gasteiger partial charge < -0.3 is 9.15 Å². The number of ether oxygens (including phenoxy) is 1. The molecule has 0 saturated carbocycles. The largest absolute Gasteiger partial charge is 0.573 e. The quantitative estimate of drug-likeness (QED) is 0.791. The fourth-order valence-electron chi connectivity index (χ4n) is 1.50. The number of hydrogen-bond donors (Lipinski definition) is 0. The van der Waals surface area contributed by atoms with Crippen molar-refractivity contribution in [2.75, 3.05) is 0 Å². The number of hydrogen-bond acceptors (Lipinski definition) is 3. The Morgan fingerprint density at radius 2 is 1.95 bits per heavy atom. The van der Waals surface area contributed by atoms with Crippen LogP contribution in [-0.4, -0.2) is 12.6 Å². The molecule has 0 spiro atoms. The van der Waals surface area contributed by atoms with Crippen molar-refractivity contribution >= 4 is 17.9 Å². The van der Waals surface area contributed by atoms with E-state index in [9.17, 15) is 18.0 Å². The fraction of sp³-hybridized carbons (Fsp3) is 0.0833. The van der Waals surface area contributed by atoms with Crippen LogP contribution < -0.4 is 4.74 Å². The highest BCUT2D eigenvalue weighted by molar-refractivity contribution is 6.33. The molecule has 2 aromatic rings. The van der Waals surface area contributed by atoms with Gasteiger partial charge in [-0.15, -0.1) is 13.2 Å². The zero-order chi connectivity index (χ0) is 14.0. The van der Waals surface area contributed by atoms with Gasteiger partial charge in [-0.05, 0) is 24.3 Å². The number of furan rings is 1. The molecule has 0 unspecified atom stereocenters. The third-order valence-corrected chi connectivity index (χ3v) is 2.51. The number of aldehydes is 1. The first-order valence-corrected chi connectivity index (χ1v) is 5.38. The molecule has 0 amide bonds. The molecule has 2 rings (SSSR count). The maximum Gasteiger partial charge on any atom is 0.573 e. The van der Waals surface area contributed by atoms with Crippen LogP contribution in [0.4, 0.5) is 13.2 Å². The van der Waals surface area contributed by atoms with Crippen LogP contribution in [0.25, 0.3) is 11.3 Å². The highest BCUT2D eigenvalue weighted by Gasteiger charge is 2.33. The number of alkyl halides is 3. The van der Waals surface area contributed by atoms with Crippen molar-refractivity contribution in [1.82, 2.24) is 0 Å². The van der Waals surface area contributed by atoms with E-state index in [0.717, 1.165) is 6.07 Å². The lowest BCUT2D eigenvalue weighted by atomic mass is 10.1. The Bertz CT molecular complexity index is 605. The Morgan fingerprint density at radius 3 is 2.53 bits per heavy atom. The van der Waals surface area contributed by atoms with Gasteiger partial charge in [0.15, 0.2) is 12.0 Å². The molecule has 100 valence electrons. The average molecular weight is 291 g/mol. The standard InChI is InChI=1S/C12H6ClF3O3/c13-8-2-1-3-10(19-12(14,15)16)11(8)9-5-4-7(6-17)18-9/h1-6H. The molecular formula is C12H6ClF3O3. The van der Waals surface area contributed by atoms with E-state index in [2.05, 4.69) is 4.74 Å². The molecule has 0 N–H and O–H groups in total. The van der Waals surface area contributed by atoms with Gasteiger partial charge in [0, 0.05) is 0 Å². The van der Waals surface area contributed by atoms with E-state index in [-0.39, 0.29) is 22.1 Å². The van der Waals surface area contributed by atoms with Crippen molar-refractivity contribution in [3.8, 4) is 17.1 Å². The zero-order valence-electron chi connectivity index (χ0n) is 9.20. The van der Waals surface area contributed by atoms with Crippen molar-refractivity contribution in [1.29, 1.82) is 0 Å². The molecule has 0 bridgehead atoms. The minimum atomic E-state index is -4.85. The van der Waals surface area contributed by atoms with Gasteiger partial charge in [-0.2, -0.15) is 0 Å². The third kappa shape index (κ3) is 3.08. The van der Waals surface area contributed by atoms with E-state index in [1.807, 2.05) is 0 Å². The summed E-state index contributed by atoms with van der Waals surface area (Å²) < 4.78 is 45.8. The summed E-state index contributed by atoms with van der Waals surface area (Å²) in [6.07, 6.45) is -4.41. The Hall–Kier alpha value is -1.95. The van der Waals surface area contributed by atoms with Gasteiger partial charge in [-0.1, -0.05) is 17.7 Å². The van der Waals surface area contributed by atoms with Crippen LogP contribution in [0.2, 0.25) is 5.02 Å². The van der Waals surface area contributed by atoms with Crippen molar-refractivity contribution in [2.24, 2.45) is 0 Å². The van der Waals surface area contributed by atoms with Crippen LogP contribution in [0.1, 0.15) is 10.6 Å². The number of benzene rings is 1. The van der Waals surface area contributed by atoms with Gasteiger partial charge in [0.1, 0.15) is 11.5 Å². The average Bonchev–Trinajstić information content (AvgIpc) is 2.75. The number of halogens is 4. The molecule has 0 aliphatic carbocycles. The second-order valence-corrected chi connectivity index (χ2v) is 3.89. The number of carbonyl (C=O) groups excluding carboxylic acids is 1. The Kier molecular flexibility index (Phi) is 3.53. The number of carbonyl (C=O) groups is 1. The molecule has 1 aromatic carbocycles. The maximum atomic E-state index is 12.3. The van der Waals surface area contributed by atoms with E-state index >= 15 is 0 Å². The minimum absolute atomic E-state index is 0.0203. The zero-order valence-corrected chi connectivity index (χ0v) is 9.96. The van der Waals surface area contributed by atoms with Crippen LogP contribution in [0.3, 0.4) is 0 Å². The van der Waals surface area contributed by atoms with Crippen LogP contribution in [0.15, 0.2) is 34.7 Å². The summed E-state index contributed by atoms with van der Waals surface area (Å²) >= 11 is 5.85. The first-order valence-electron chi connectivity index (χ1n) is 5.00. The minimum Gasteiger partial charge on any atom is -0.453 e. The molecule has 0 fully saturated rings. The summed E-state index contributed by atoms with van der Waals surface area (Å²) in [5.41, 5.74) is -0.0606. The second kappa shape index (κ2) is 4.97. The molecule has 3 nitrogen and oxygen atoms in total. The molecule has 1 aromatic heterocycles. The van der Waals surface area contributed by atoms with Crippen molar-refractivity contribution < 1.29 is 27.1 Å². The second-order valence-electron chi connectivity index (χ2n) is 3.48. The Labute approximate surface area is 110 Å². The molecule has 0 saturated heterocycles. The summed E-state index contributed by atoms with van der Waals surface area (Å²) in [4.78, 5) is 10.5. The van der Waals surface area contributed by atoms with Crippen molar-refractivity contribution in [3.05, 3.63) is 41.1 Å². The highest BCUT2D eigenvalue weighted by Crippen LogP contribution is 2.39. The monoisotopic (exact) mass is 290 g/mol. The summed E-state index contributed by atoms with van der Waals surface area (Å²) in [6.45, 7) is 0. The van der Waals surface area contributed by atoms with Crippen LogP contribution in [0.5, 0.6) is 5.75 Å². The lowest BCUT2D eigenvalue weighted by Crippen LogP contribution is -2.17. The number of rotatable bonds is 3. The van der Waals surface area contributed by atoms with E-state index in [4.69, 9.17) is 16.0 Å². The molecule has 0 aliphatic rings. The predicted molar refractivity (Wildman–Crippen MR) is 61.2 cm³/mol. The molecule has 0 radical (unpaired) electrons. The van der Waals surface area contributed by atoms with E-state index < -0.39 is 12.1 Å². The Morgan fingerprint density at radius 1 is 1.21 bits per heavy atom. The van der Waals surface area contributed by atoms with Crippen LogP contribution in [0, 0.1) is 0 Å². The lowest BCUT2D eigenvalue weighted by molar-refractivity contribution is -0.274. The third-order valence-electron chi connectivity index (χ3n) is 2.19. The maximum absolute atomic E-state index is 12.3. The summed E-state index contributed by atoms with van der Waals surface area (Å²) in [5, 5.41) is 0.0218. The molecule has 7 heteroatoms.